The van der Waals surface area contributed by atoms with Crippen molar-refractivity contribution in [3.63, 3.8) is 0 Å². The molecule has 0 saturated carbocycles. The molecule has 3 aliphatic rings. The third-order valence-electron chi connectivity index (χ3n) is 8.86. The lowest BCUT2D eigenvalue weighted by Crippen LogP contribution is -2.52. The van der Waals surface area contributed by atoms with Crippen LogP contribution in [0.5, 0.6) is 0 Å². The lowest BCUT2D eigenvalue weighted by Gasteiger charge is -2.57. The van der Waals surface area contributed by atoms with Crippen molar-refractivity contribution in [1.29, 1.82) is 0 Å². The summed E-state index contributed by atoms with van der Waals surface area (Å²) in [6.45, 7) is 3.57. The predicted octanol–water partition coefficient (Wildman–Crippen LogP) is 4.77. The quantitative estimate of drug-likeness (QED) is 0.185. The summed E-state index contributed by atoms with van der Waals surface area (Å²) in [4.78, 5) is 74.1. The highest BCUT2D eigenvalue weighted by atomic mass is 16.4. The van der Waals surface area contributed by atoms with Gasteiger partial charge in [0.15, 0.2) is 0 Å². The van der Waals surface area contributed by atoms with Crippen LogP contribution >= 0.6 is 0 Å². The van der Waals surface area contributed by atoms with Gasteiger partial charge in [-0.2, -0.15) is 0 Å². The van der Waals surface area contributed by atoms with Crippen LogP contribution in [0.1, 0.15) is 135 Å². The molecule has 0 radical (unpaired) electrons. The van der Waals surface area contributed by atoms with Crippen molar-refractivity contribution in [1.82, 2.24) is 0 Å². The third kappa shape index (κ3) is 3.76. The second-order valence-electron chi connectivity index (χ2n) is 11.0. The van der Waals surface area contributed by atoms with Gasteiger partial charge in [0.2, 0.25) is 0 Å². The van der Waals surface area contributed by atoms with Crippen molar-refractivity contribution in [2.45, 2.75) is 50.4 Å². The topological polar surface area (TPSA) is 224 Å². The molecule has 6 rings (SSSR count). The highest BCUT2D eigenvalue weighted by Crippen LogP contribution is 2.65. The molecule has 3 aliphatic carbocycles. The SMILES string of the molecule is CCCC12c3cc(C(=O)O)c(C(=O)O)cc3C(CCC)(c3cc(C(=O)O)c(C(=O)O)cc31)c1cc(C(=O)O)c(C(=O)O)cc12. The van der Waals surface area contributed by atoms with Gasteiger partial charge in [-0.3, -0.25) is 0 Å². The summed E-state index contributed by atoms with van der Waals surface area (Å²) < 4.78 is 0. The van der Waals surface area contributed by atoms with E-state index in [1.807, 2.05) is 0 Å². The van der Waals surface area contributed by atoms with E-state index in [2.05, 4.69) is 0 Å². The summed E-state index contributed by atoms with van der Waals surface area (Å²) in [6.07, 6.45) is 0.998. The number of carboxylic acids is 6. The minimum Gasteiger partial charge on any atom is -0.478 e. The fourth-order valence-electron chi connectivity index (χ4n) is 7.41. The molecule has 0 spiro atoms. The summed E-state index contributed by atoms with van der Waals surface area (Å²) in [5, 5.41) is 60.2. The smallest absolute Gasteiger partial charge is 0.336 e. The van der Waals surface area contributed by atoms with E-state index in [-0.39, 0.29) is 12.8 Å². The molecule has 0 fully saturated rings. The van der Waals surface area contributed by atoms with Crippen molar-refractivity contribution in [3.05, 3.63) is 103 Å². The molecule has 3 aromatic carbocycles. The fraction of sp³-hybridized carbons (Fsp3) is 0.250. The molecule has 6 N–H and O–H groups in total. The molecule has 226 valence electrons. The van der Waals surface area contributed by atoms with Crippen LogP contribution in [0.3, 0.4) is 0 Å². The molecule has 12 nitrogen and oxygen atoms in total. The Morgan fingerprint density at radius 2 is 0.568 bits per heavy atom. The van der Waals surface area contributed by atoms with E-state index in [0.29, 0.717) is 46.2 Å². The maximum atomic E-state index is 12.4. The molecule has 0 amide bonds. The third-order valence-corrected chi connectivity index (χ3v) is 8.86. The number of aromatic carboxylic acids is 6. The maximum Gasteiger partial charge on any atom is 0.336 e. The average Bonchev–Trinajstić information content (AvgIpc) is 2.96. The minimum atomic E-state index is -1.54. The second-order valence-corrected chi connectivity index (χ2v) is 11.0. The molecule has 0 aliphatic heterocycles. The fourth-order valence-corrected chi connectivity index (χ4v) is 7.41. The Morgan fingerprint density at radius 1 is 0.409 bits per heavy atom. The van der Waals surface area contributed by atoms with Gasteiger partial charge in [0.1, 0.15) is 0 Å². The average molecular weight is 603 g/mol. The van der Waals surface area contributed by atoms with Crippen molar-refractivity contribution in [2.24, 2.45) is 0 Å². The zero-order chi connectivity index (χ0) is 32.5. The summed E-state index contributed by atoms with van der Waals surface area (Å²) in [5.74, 6) is -9.23. The lowest BCUT2D eigenvalue weighted by atomic mass is 9.44. The summed E-state index contributed by atoms with van der Waals surface area (Å²) in [5.41, 5.74) is -4.46. The summed E-state index contributed by atoms with van der Waals surface area (Å²) in [7, 11) is 0. The van der Waals surface area contributed by atoms with Gasteiger partial charge in [0.05, 0.1) is 33.4 Å². The van der Waals surface area contributed by atoms with E-state index >= 15 is 0 Å². The first-order valence-electron chi connectivity index (χ1n) is 13.7. The number of hydrogen-bond acceptors (Lipinski definition) is 6. The van der Waals surface area contributed by atoms with Crippen LogP contribution in [0, 0.1) is 0 Å². The van der Waals surface area contributed by atoms with Gasteiger partial charge < -0.3 is 30.6 Å². The monoisotopic (exact) mass is 602 g/mol. The van der Waals surface area contributed by atoms with Crippen LogP contribution < -0.4 is 0 Å². The van der Waals surface area contributed by atoms with E-state index < -0.39 is 80.0 Å². The molecular formula is C32H26O12. The molecule has 0 unspecified atom stereocenters. The van der Waals surface area contributed by atoms with Crippen LogP contribution in [0.2, 0.25) is 0 Å². The molecule has 12 heteroatoms. The van der Waals surface area contributed by atoms with Crippen LogP contribution in [0.15, 0.2) is 36.4 Å². The highest BCUT2D eigenvalue weighted by molar-refractivity contribution is 6.06. The van der Waals surface area contributed by atoms with Gasteiger partial charge in [-0.25, -0.2) is 28.8 Å². The molecule has 2 bridgehead atoms. The standard InChI is InChI=1S/C32H26O12/c1-3-5-31-19-7-13(25(33)34)16(28(39)40)10-22(19)32(6-4-2,23-11-17(29(41)42)14(26(35)36)8-20(23)31)24-12-18(30(43)44)15(27(37)38)9-21(24)31/h7-12H,3-6H2,1-2H3,(H,33,34)(H,35,36)(H,37,38)(H,39,40)(H,41,42)(H,43,44). The normalized spacial score (nSPS) is 19.0. The highest BCUT2D eigenvalue weighted by Gasteiger charge is 2.59. The van der Waals surface area contributed by atoms with E-state index in [1.54, 1.807) is 13.8 Å². The summed E-state index contributed by atoms with van der Waals surface area (Å²) in [6, 6.07) is 7.27. The largest absolute Gasteiger partial charge is 0.478 e. The van der Waals surface area contributed by atoms with Crippen LogP contribution in [-0.4, -0.2) is 66.5 Å². The van der Waals surface area contributed by atoms with Gasteiger partial charge in [-0.15, -0.1) is 0 Å². The Morgan fingerprint density at radius 3 is 0.682 bits per heavy atom. The first-order chi connectivity index (χ1) is 20.7. The van der Waals surface area contributed by atoms with E-state index in [9.17, 15) is 59.4 Å². The summed E-state index contributed by atoms with van der Waals surface area (Å²) >= 11 is 0. The van der Waals surface area contributed by atoms with Crippen LogP contribution in [0.25, 0.3) is 0 Å². The predicted molar refractivity (Wildman–Crippen MR) is 151 cm³/mol. The van der Waals surface area contributed by atoms with E-state index in [1.165, 1.54) is 36.4 Å². The molecule has 44 heavy (non-hydrogen) atoms. The Kier molecular flexibility index (Phi) is 6.84. The van der Waals surface area contributed by atoms with Gasteiger partial charge in [0, 0.05) is 10.8 Å². The number of carboxylic acid groups (broad SMARTS) is 6. The number of benzene rings is 3. The Bertz CT molecular complexity index is 1530. The van der Waals surface area contributed by atoms with Crippen LogP contribution in [0.4, 0.5) is 0 Å². The number of hydrogen-bond donors (Lipinski definition) is 6. The molecular weight excluding hydrogens is 576 g/mol. The van der Waals surface area contributed by atoms with E-state index in [0.717, 1.165) is 0 Å². The Balaban J connectivity index is 2.15. The van der Waals surface area contributed by atoms with Gasteiger partial charge in [-0.05, 0) is 82.6 Å². The van der Waals surface area contributed by atoms with Crippen molar-refractivity contribution in [3.8, 4) is 0 Å². The lowest BCUT2D eigenvalue weighted by molar-refractivity contribution is 0.0649. The Hall–Kier alpha value is -5.52. The zero-order valence-corrected chi connectivity index (χ0v) is 23.4. The second kappa shape index (κ2) is 10.0. The maximum absolute atomic E-state index is 12.4. The molecule has 0 heterocycles. The number of carbonyl (C=O) groups is 6. The van der Waals surface area contributed by atoms with Gasteiger partial charge >= 0.3 is 35.8 Å². The molecule has 3 aromatic rings. The Labute approximate surface area is 248 Å². The molecule has 0 saturated heterocycles. The van der Waals surface area contributed by atoms with Crippen molar-refractivity contribution in [2.75, 3.05) is 0 Å². The molecule has 0 aromatic heterocycles. The number of rotatable bonds is 10. The first kappa shape index (κ1) is 30.0. The van der Waals surface area contributed by atoms with Crippen LogP contribution in [-0.2, 0) is 10.8 Å². The van der Waals surface area contributed by atoms with E-state index in [4.69, 9.17) is 0 Å². The van der Waals surface area contributed by atoms with Crippen molar-refractivity contribution < 1.29 is 59.4 Å². The first-order valence-corrected chi connectivity index (χ1v) is 13.7. The van der Waals surface area contributed by atoms with Gasteiger partial charge in [-0.1, -0.05) is 26.7 Å². The van der Waals surface area contributed by atoms with Gasteiger partial charge in [0.25, 0.3) is 0 Å². The molecule has 0 atom stereocenters. The minimum absolute atomic E-state index is 0.130. The van der Waals surface area contributed by atoms with Crippen molar-refractivity contribution >= 4 is 35.8 Å². The zero-order valence-electron chi connectivity index (χ0n) is 23.4.